The summed E-state index contributed by atoms with van der Waals surface area (Å²) in [7, 11) is 0. The highest BCUT2D eigenvalue weighted by Crippen LogP contribution is 2.50. The highest BCUT2D eigenvalue weighted by molar-refractivity contribution is 6.18. The van der Waals surface area contributed by atoms with E-state index in [0.29, 0.717) is 5.92 Å². The van der Waals surface area contributed by atoms with Crippen molar-refractivity contribution < 1.29 is 0 Å². The zero-order chi connectivity index (χ0) is 11.6. The SMILES string of the molecule is CC1(C)C(=C=Cc2ccccc2)CC1CCl. The fourth-order valence-electron chi connectivity index (χ4n) is 2.09. The molecule has 0 radical (unpaired) electrons. The van der Waals surface area contributed by atoms with E-state index in [1.165, 1.54) is 11.1 Å². The minimum absolute atomic E-state index is 0.229. The van der Waals surface area contributed by atoms with E-state index in [2.05, 4.69) is 37.8 Å². The van der Waals surface area contributed by atoms with Gasteiger partial charge in [0.05, 0.1) is 0 Å². The molecule has 0 aromatic heterocycles. The molecule has 0 amide bonds. The van der Waals surface area contributed by atoms with Gasteiger partial charge >= 0.3 is 0 Å². The molecule has 0 heterocycles. The number of allylic oxidation sites excluding steroid dienone is 1. The molecule has 1 atom stereocenters. The van der Waals surface area contributed by atoms with Gasteiger partial charge in [-0.15, -0.1) is 17.3 Å². The standard InChI is InChI=1S/C15H17Cl/c1-15(2)13(10-14(15)11-16)9-8-12-6-4-3-5-7-12/h3-8,14H,10-11H2,1-2H3. The molecule has 1 heteroatoms. The number of hydrogen-bond donors (Lipinski definition) is 0. The second-order valence-corrected chi connectivity index (χ2v) is 5.26. The molecule has 1 aromatic carbocycles. The molecule has 0 nitrogen and oxygen atoms in total. The highest BCUT2D eigenvalue weighted by atomic mass is 35.5. The van der Waals surface area contributed by atoms with Gasteiger partial charge in [-0.3, -0.25) is 0 Å². The number of alkyl halides is 1. The number of halogens is 1. The molecule has 16 heavy (non-hydrogen) atoms. The molecule has 0 aliphatic heterocycles. The van der Waals surface area contributed by atoms with Crippen LogP contribution in [0, 0.1) is 11.3 Å². The van der Waals surface area contributed by atoms with E-state index in [1.807, 2.05) is 18.2 Å². The lowest BCUT2D eigenvalue weighted by Crippen LogP contribution is -2.38. The Kier molecular flexibility index (Phi) is 3.23. The summed E-state index contributed by atoms with van der Waals surface area (Å²) in [6.45, 7) is 4.51. The van der Waals surface area contributed by atoms with Gasteiger partial charge in [0.25, 0.3) is 0 Å². The topological polar surface area (TPSA) is 0 Å². The highest BCUT2D eigenvalue weighted by Gasteiger charge is 2.42. The average molecular weight is 233 g/mol. The van der Waals surface area contributed by atoms with Gasteiger partial charge in [-0.05, 0) is 35.0 Å². The van der Waals surface area contributed by atoms with Gasteiger partial charge in [-0.1, -0.05) is 44.2 Å². The molecule has 1 saturated carbocycles. The largest absolute Gasteiger partial charge is 0.126 e. The van der Waals surface area contributed by atoms with Crippen molar-refractivity contribution in [3.8, 4) is 0 Å². The molecule has 0 spiro atoms. The first-order chi connectivity index (χ1) is 7.64. The molecule has 2 rings (SSSR count). The Morgan fingerprint density at radius 2 is 2.06 bits per heavy atom. The summed E-state index contributed by atoms with van der Waals surface area (Å²) in [4.78, 5) is 0. The summed E-state index contributed by atoms with van der Waals surface area (Å²) >= 11 is 5.92. The van der Waals surface area contributed by atoms with Crippen LogP contribution in [0.2, 0.25) is 0 Å². The molecule has 0 bridgehead atoms. The van der Waals surface area contributed by atoms with Crippen LogP contribution in [-0.4, -0.2) is 5.88 Å². The molecular formula is C15H17Cl. The Morgan fingerprint density at radius 3 is 2.62 bits per heavy atom. The van der Waals surface area contributed by atoms with Crippen LogP contribution in [0.3, 0.4) is 0 Å². The van der Waals surface area contributed by atoms with E-state index in [0.717, 1.165) is 12.3 Å². The fourth-order valence-corrected chi connectivity index (χ4v) is 2.59. The molecule has 1 fully saturated rings. The minimum atomic E-state index is 0.229. The molecule has 1 aliphatic rings. The summed E-state index contributed by atoms with van der Waals surface area (Å²) in [6.07, 6.45) is 3.17. The van der Waals surface area contributed by atoms with Crippen molar-refractivity contribution in [1.29, 1.82) is 0 Å². The van der Waals surface area contributed by atoms with Crippen molar-refractivity contribution in [3.05, 3.63) is 47.2 Å². The Hall–Kier alpha value is -0.970. The van der Waals surface area contributed by atoms with Crippen LogP contribution < -0.4 is 0 Å². The molecule has 0 N–H and O–H groups in total. The third-order valence-electron chi connectivity index (χ3n) is 3.65. The zero-order valence-corrected chi connectivity index (χ0v) is 10.6. The lowest BCUT2D eigenvalue weighted by Gasteiger charge is -2.45. The van der Waals surface area contributed by atoms with Gasteiger partial charge in [0.2, 0.25) is 0 Å². The smallest absolute Gasteiger partial charge is 0.0263 e. The van der Waals surface area contributed by atoms with E-state index in [9.17, 15) is 0 Å². The molecule has 1 aromatic rings. The molecule has 1 unspecified atom stereocenters. The van der Waals surface area contributed by atoms with Crippen LogP contribution >= 0.6 is 11.6 Å². The van der Waals surface area contributed by atoms with Gasteiger partial charge < -0.3 is 0 Å². The average Bonchev–Trinajstić information content (AvgIpc) is 2.29. The molecule has 0 saturated heterocycles. The first kappa shape index (κ1) is 11.5. The summed E-state index contributed by atoms with van der Waals surface area (Å²) in [5.74, 6) is 1.37. The van der Waals surface area contributed by atoms with E-state index in [-0.39, 0.29) is 5.41 Å². The Bertz CT molecular complexity index is 422. The van der Waals surface area contributed by atoms with Crippen molar-refractivity contribution in [3.63, 3.8) is 0 Å². The molecule has 84 valence electrons. The molecule has 1 aliphatic carbocycles. The Balaban J connectivity index is 2.19. The van der Waals surface area contributed by atoms with Crippen LogP contribution in [0.1, 0.15) is 25.8 Å². The van der Waals surface area contributed by atoms with E-state index >= 15 is 0 Å². The maximum Gasteiger partial charge on any atom is 0.0263 e. The van der Waals surface area contributed by atoms with Crippen molar-refractivity contribution in [1.82, 2.24) is 0 Å². The second kappa shape index (κ2) is 4.49. The van der Waals surface area contributed by atoms with Gasteiger partial charge in [-0.2, -0.15) is 0 Å². The lowest BCUT2D eigenvalue weighted by atomic mass is 9.60. The van der Waals surface area contributed by atoms with E-state index < -0.39 is 0 Å². The van der Waals surface area contributed by atoms with Crippen molar-refractivity contribution in [2.75, 3.05) is 5.88 Å². The van der Waals surface area contributed by atoms with Gasteiger partial charge in [0.1, 0.15) is 0 Å². The summed E-state index contributed by atoms with van der Waals surface area (Å²) in [5, 5.41) is 0. The quantitative estimate of drug-likeness (QED) is 0.520. The number of rotatable bonds is 2. The fraction of sp³-hybridized carbons (Fsp3) is 0.400. The maximum absolute atomic E-state index is 5.92. The van der Waals surface area contributed by atoms with Gasteiger partial charge in [0, 0.05) is 5.88 Å². The summed E-state index contributed by atoms with van der Waals surface area (Å²) in [6, 6.07) is 10.3. The first-order valence-corrected chi connectivity index (χ1v) is 6.25. The number of benzene rings is 1. The number of hydrogen-bond acceptors (Lipinski definition) is 0. The zero-order valence-electron chi connectivity index (χ0n) is 9.83. The van der Waals surface area contributed by atoms with Crippen LogP contribution in [-0.2, 0) is 0 Å². The van der Waals surface area contributed by atoms with Crippen LogP contribution in [0.5, 0.6) is 0 Å². The second-order valence-electron chi connectivity index (χ2n) is 4.95. The van der Waals surface area contributed by atoms with Crippen LogP contribution in [0.25, 0.3) is 6.08 Å². The van der Waals surface area contributed by atoms with Crippen LogP contribution in [0.4, 0.5) is 0 Å². The monoisotopic (exact) mass is 232 g/mol. The van der Waals surface area contributed by atoms with Crippen molar-refractivity contribution in [2.24, 2.45) is 11.3 Å². The Morgan fingerprint density at radius 1 is 1.38 bits per heavy atom. The normalized spacial score (nSPS) is 22.2. The third kappa shape index (κ3) is 2.09. The first-order valence-electron chi connectivity index (χ1n) is 5.71. The van der Waals surface area contributed by atoms with Crippen molar-refractivity contribution in [2.45, 2.75) is 20.3 Å². The predicted molar refractivity (Wildman–Crippen MR) is 70.5 cm³/mol. The Labute approximate surface area is 103 Å². The van der Waals surface area contributed by atoms with Gasteiger partial charge in [0.15, 0.2) is 0 Å². The third-order valence-corrected chi connectivity index (χ3v) is 4.02. The predicted octanol–water partition coefficient (Wildman–Crippen LogP) is 4.51. The minimum Gasteiger partial charge on any atom is -0.126 e. The van der Waals surface area contributed by atoms with E-state index in [1.54, 1.807) is 0 Å². The maximum atomic E-state index is 5.92. The molecular weight excluding hydrogens is 216 g/mol. The van der Waals surface area contributed by atoms with E-state index in [4.69, 9.17) is 11.6 Å². The van der Waals surface area contributed by atoms with Crippen LogP contribution in [0.15, 0.2) is 41.6 Å². The summed E-state index contributed by atoms with van der Waals surface area (Å²) < 4.78 is 0. The van der Waals surface area contributed by atoms with Gasteiger partial charge in [-0.25, -0.2) is 0 Å². The van der Waals surface area contributed by atoms with Crippen molar-refractivity contribution >= 4 is 17.7 Å². The lowest BCUT2D eigenvalue weighted by molar-refractivity contribution is 0.191. The summed E-state index contributed by atoms with van der Waals surface area (Å²) in [5.41, 5.74) is 6.25.